The number of ketones is 1. The number of carbonyl (C=O) groups excluding carboxylic acids is 1. The first-order chi connectivity index (χ1) is 14.3. The number of thioether (sulfide) groups is 1. The molecule has 0 amide bonds. The third-order valence-electron chi connectivity index (χ3n) is 6.41. The molecule has 1 aromatic rings. The molecular weight excluding hydrogens is 418 g/mol. The largest absolute Gasteiger partial charge is 0.476 e. The monoisotopic (exact) mass is 451 g/mol. The Hall–Kier alpha value is -1.18. The lowest BCUT2D eigenvalue weighted by Gasteiger charge is -2.30. The summed E-state index contributed by atoms with van der Waals surface area (Å²) >= 11 is 2.86. The highest BCUT2D eigenvalue weighted by Gasteiger charge is 2.33. The van der Waals surface area contributed by atoms with Crippen LogP contribution in [0.15, 0.2) is 21.9 Å². The SMILES string of the molecule is CC(O)(C/C=C/[C@H]1CCC(=O)[C@@H]1CCSc1nc(C(=O)O)cs1)CC1CCCCC1. The van der Waals surface area contributed by atoms with Gasteiger partial charge < -0.3 is 10.2 Å². The van der Waals surface area contributed by atoms with Gasteiger partial charge in [-0.2, -0.15) is 0 Å². The second-order valence-corrected chi connectivity index (χ2v) is 11.3. The number of carboxylic acids is 1. The Kier molecular flexibility index (Phi) is 8.54. The fraction of sp³-hybridized carbons (Fsp3) is 0.696. The van der Waals surface area contributed by atoms with Gasteiger partial charge in [0.25, 0.3) is 0 Å². The van der Waals surface area contributed by atoms with Crippen LogP contribution >= 0.6 is 23.1 Å². The number of hydrogen-bond donors (Lipinski definition) is 2. The number of aliphatic hydroxyl groups is 1. The van der Waals surface area contributed by atoms with Gasteiger partial charge in [0.05, 0.1) is 5.60 Å². The summed E-state index contributed by atoms with van der Waals surface area (Å²) in [6.45, 7) is 1.94. The van der Waals surface area contributed by atoms with E-state index in [-0.39, 0.29) is 17.5 Å². The van der Waals surface area contributed by atoms with Crippen LogP contribution in [0.5, 0.6) is 0 Å². The molecule has 0 aliphatic heterocycles. The van der Waals surface area contributed by atoms with Gasteiger partial charge >= 0.3 is 5.97 Å². The highest BCUT2D eigenvalue weighted by molar-refractivity contribution is 8.01. The zero-order valence-corrected chi connectivity index (χ0v) is 19.3. The number of thiazole rings is 1. The maximum atomic E-state index is 12.4. The van der Waals surface area contributed by atoms with Crippen LogP contribution in [0.3, 0.4) is 0 Å². The number of carboxylic acid groups (broad SMARTS) is 1. The van der Waals surface area contributed by atoms with E-state index in [1.165, 1.54) is 55.2 Å². The third kappa shape index (κ3) is 6.92. The van der Waals surface area contributed by atoms with E-state index in [1.807, 2.05) is 6.92 Å². The normalized spacial score (nSPS) is 25.1. The lowest BCUT2D eigenvalue weighted by Crippen LogP contribution is -2.28. The maximum absolute atomic E-state index is 12.4. The molecule has 3 rings (SSSR count). The molecule has 3 atom stereocenters. The maximum Gasteiger partial charge on any atom is 0.355 e. The summed E-state index contributed by atoms with van der Waals surface area (Å²) in [6, 6.07) is 0. The molecular formula is C23H33NO4S2. The first-order valence-corrected chi connectivity index (χ1v) is 12.9. The summed E-state index contributed by atoms with van der Waals surface area (Å²) in [7, 11) is 0. The number of nitrogens with zero attached hydrogens (tertiary/aromatic N) is 1. The minimum atomic E-state index is -1.01. The molecule has 1 heterocycles. The number of Topliss-reactive ketones (excluding diaryl/α,β-unsaturated/α-hetero) is 1. The molecule has 0 bridgehead atoms. The molecule has 30 heavy (non-hydrogen) atoms. The first-order valence-electron chi connectivity index (χ1n) is 11.1. The summed E-state index contributed by atoms with van der Waals surface area (Å²) in [6.07, 6.45) is 14.4. The second-order valence-electron chi connectivity index (χ2n) is 9.05. The van der Waals surface area contributed by atoms with Crippen LogP contribution in [0.2, 0.25) is 0 Å². The van der Waals surface area contributed by atoms with Crippen molar-refractivity contribution in [3.8, 4) is 0 Å². The fourth-order valence-electron chi connectivity index (χ4n) is 4.83. The van der Waals surface area contributed by atoms with Crippen LogP contribution in [0.4, 0.5) is 0 Å². The van der Waals surface area contributed by atoms with Crippen molar-refractivity contribution in [2.75, 3.05) is 5.75 Å². The summed E-state index contributed by atoms with van der Waals surface area (Å²) in [4.78, 5) is 27.4. The number of rotatable bonds is 10. The Morgan fingerprint density at radius 3 is 2.80 bits per heavy atom. The molecule has 1 unspecified atom stereocenters. The average molecular weight is 452 g/mol. The topological polar surface area (TPSA) is 87.5 Å². The Morgan fingerprint density at radius 2 is 2.10 bits per heavy atom. The molecule has 1 aromatic heterocycles. The molecule has 2 N–H and O–H groups in total. The first kappa shape index (κ1) is 23.5. The third-order valence-corrected chi connectivity index (χ3v) is 8.46. The van der Waals surface area contributed by atoms with E-state index in [9.17, 15) is 14.7 Å². The van der Waals surface area contributed by atoms with E-state index in [2.05, 4.69) is 17.1 Å². The average Bonchev–Trinajstić information content (AvgIpc) is 3.30. The van der Waals surface area contributed by atoms with Crippen molar-refractivity contribution in [2.45, 2.75) is 81.1 Å². The van der Waals surface area contributed by atoms with Gasteiger partial charge in [-0.3, -0.25) is 4.79 Å². The quantitative estimate of drug-likeness (QED) is 0.356. The van der Waals surface area contributed by atoms with E-state index >= 15 is 0 Å². The van der Waals surface area contributed by atoms with Gasteiger partial charge in [-0.25, -0.2) is 9.78 Å². The standard InChI is InChI=1S/C23H33NO4S2/c1-23(28,14-16-6-3-2-4-7-16)12-5-8-17-9-10-20(25)18(17)11-13-29-22-24-19(15-30-22)21(26)27/h5,8,15-18,28H,2-4,6-7,9-14H2,1H3,(H,26,27)/b8-5+/t17-,18+,23?/m0/s1. The zero-order chi connectivity index (χ0) is 21.6. The van der Waals surface area contributed by atoms with Crippen molar-refractivity contribution in [1.29, 1.82) is 0 Å². The van der Waals surface area contributed by atoms with Crippen molar-refractivity contribution in [2.24, 2.45) is 17.8 Å². The lowest BCUT2D eigenvalue weighted by atomic mass is 9.80. The molecule has 0 saturated heterocycles. The molecule has 2 aliphatic rings. The van der Waals surface area contributed by atoms with E-state index in [0.717, 1.165) is 29.4 Å². The molecule has 7 heteroatoms. The zero-order valence-electron chi connectivity index (χ0n) is 17.7. The molecule has 2 aliphatic carbocycles. The van der Waals surface area contributed by atoms with Gasteiger partial charge in [-0.1, -0.05) is 56.0 Å². The van der Waals surface area contributed by atoms with Crippen molar-refractivity contribution in [3.05, 3.63) is 23.2 Å². The molecule has 0 spiro atoms. The van der Waals surface area contributed by atoms with Crippen LogP contribution in [0.25, 0.3) is 0 Å². The van der Waals surface area contributed by atoms with Crippen LogP contribution in [0.1, 0.15) is 81.6 Å². The van der Waals surface area contributed by atoms with Crippen molar-refractivity contribution < 1.29 is 19.8 Å². The van der Waals surface area contributed by atoms with Gasteiger partial charge in [0.2, 0.25) is 0 Å². The van der Waals surface area contributed by atoms with E-state index < -0.39 is 11.6 Å². The number of aromatic nitrogens is 1. The predicted molar refractivity (Wildman–Crippen MR) is 121 cm³/mol. The molecule has 0 radical (unpaired) electrons. The molecule has 166 valence electrons. The van der Waals surface area contributed by atoms with Crippen LogP contribution in [-0.4, -0.2) is 38.3 Å². The number of carbonyl (C=O) groups is 2. The Morgan fingerprint density at radius 1 is 1.33 bits per heavy atom. The summed E-state index contributed by atoms with van der Waals surface area (Å²) in [5.41, 5.74) is -0.584. The Labute approximate surface area is 187 Å². The smallest absolute Gasteiger partial charge is 0.355 e. The number of aromatic carboxylic acids is 1. The van der Waals surface area contributed by atoms with Crippen molar-refractivity contribution in [1.82, 2.24) is 4.98 Å². The Balaban J connectivity index is 1.45. The summed E-state index contributed by atoms with van der Waals surface area (Å²) in [5, 5.41) is 21.3. The van der Waals surface area contributed by atoms with Crippen molar-refractivity contribution >= 4 is 34.9 Å². The second kappa shape index (κ2) is 10.9. The summed E-state index contributed by atoms with van der Waals surface area (Å²) in [5.74, 6) is 0.989. The predicted octanol–water partition coefficient (Wildman–Crippen LogP) is 5.59. The highest BCUT2D eigenvalue weighted by Crippen LogP contribution is 2.36. The fourth-order valence-corrected chi connectivity index (χ4v) is 6.72. The van der Waals surface area contributed by atoms with Gasteiger partial charge in [0.1, 0.15) is 5.78 Å². The highest BCUT2D eigenvalue weighted by atomic mass is 32.2. The summed E-state index contributed by atoms with van der Waals surface area (Å²) < 4.78 is 0.740. The molecule has 2 fully saturated rings. The lowest BCUT2D eigenvalue weighted by molar-refractivity contribution is -0.121. The van der Waals surface area contributed by atoms with E-state index in [1.54, 1.807) is 5.38 Å². The van der Waals surface area contributed by atoms with E-state index in [0.29, 0.717) is 24.5 Å². The minimum absolute atomic E-state index is 0.0240. The van der Waals surface area contributed by atoms with Crippen LogP contribution in [-0.2, 0) is 4.79 Å². The van der Waals surface area contributed by atoms with Gasteiger partial charge in [0.15, 0.2) is 10.0 Å². The number of allylic oxidation sites excluding steroid dienone is 1. The van der Waals surface area contributed by atoms with Gasteiger partial charge in [0, 0.05) is 23.5 Å². The van der Waals surface area contributed by atoms with Crippen LogP contribution in [0, 0.1) is 17.8 Å². The van der Waals surface area contributed by atoms with E-state index in [4.69, 9.17) is 5.11 Å². The molecule has 0 aromatic carbocycles. The Bertz CT molecular complexity index is 752. The molecule has 5 nitrogen and oxygen atoms in total. The minimum Gasteiger partial charge on any atom is -0.476 e. The number of hydrogen-bond acceptors (Lipinski definition) is 6. The van der Waals surface area contributed by atoms with Gasteiger partial charge in [-0.05, 0) is 44.4 Å². The van der Waals surface area contributed by atoms with Gasteiger partial charge in [-0.15, -0.1) is 11.3 Å². The van der Waals surface area contributed by atoms with Crippen molar-refractivity contribution in [3.63, 3.8) is 0 Å². The molecule has 2 saturated carbocycles. The van der Waals surface area contributed by atoms with Crippen LogP contribution < -0.4 is 0 Å².